The first-order valence-electron chi connectivity index (χ1n) is 7.82. The molecule has 0 saturated carbocycles. The van der Waals surface area contributed by atoms with Crippen LogP contribution in [0.15, 0.2) is 36.7 Å². The van der Waals surface area contributed by atoms with Gasteiger partial charge < -0.3 is 20.3 Å². The molecule has 0 aliphatic carbocycles. The van der Waals surface area contributed by atoms with E-state index in [9.17, 15) is 4.79 Å². The van der Waals surface area contributed by atoms with Gasteiger partial charge in [0.15, 0.2) is 0 Å². The molecule has 1 fully saturated rings. The lowest BCUT2D eigenvalue weighted by molar-refractivity contribution is -0.119. The molecule has 0 bridgehead atoms. The number of nitrogens with zero attached hydrogens (tertiary/aromatic N) is 4. The normalized spacial score (nSPS) is 17.7. The second-order valence-corrected chi connectivity index (χ2v) is 5.77. The summed E-state index contributed by atoms with van der Waals surface area (Å²) < 4.78 is 5.19. The molecule has 1 aliphatic rings. The summed E-state index contributed by atoms with van der Waals surface area (Å²) in [6.45, 7) is 3.86. The average Bonchev–Trinajstić information content (AvgIpc) is 2.61. The first-order chi connectivity index (χ1) is 11.6. The zero-order valence-corrected chi connectivity index (χ0v) is 13.8. The predicted molar refractivity (Wildman–Crippen MR) is 92.3 cm³/mol. The van der Waals surface area contributed by atoms with Crippen molar-refractivity contribution in [1.82, 2.24) is 9.97 Å². The highest BCUT2D eigenvalue weighted by molar-refractivity contribution is 5.84. The van der Waals surface area contributed by atoms with Crippen molar-refractivity contribution in [3.63, 3.8) is 0 Å². The number of ether oxygens (including phenoxy) is 1. The first-order valence-corrected chi connectivity index (χ1v) is 7.82. The lowest BCUT2D eigenvalue weighted by Gasteiger charge is -2.41. The standard InChI is InChI=1S/C17H21N5O2/c1-12-9-16(20-11-19-12)22-8-7-21(10-15(22)17(18)23)13-3-5-14(24-2)6-4-13/h3-6,9,11,15H,7-8,10H2,1-2H3,(H2,18,23). The van der Waals surface area contributed by atoms with Crippen LogP contribution in [0.5, 0.6) is 5.75 Å². The maximum atomic E-state index is 12.0. The van der Waals surface area contributed by atoms with E-state index in [0.29, 0.717) is 13.1 Å². The van der Waals surface area contributed by atoms with Crippen molar-refractivity contribution in [3.05, 3.63) is 42.4 Å². The van der Waals surface area contributed by atoms with E-state index in [1.807, 2.05) is 42.2 Å². The quantitative estimate of drug-likeness (QED) is 0.901. The highest BCUT2D eigenvalue weighted by atomic mass is 16.5. The van der Waals surface area contributed by atoms with Gasteiger partial charge in [-0.3, -0.25) is 4.79 Å². The zero-order valence-electron chi connectivity index (χ0n) is 13.8. The maximum absolute atomic E-state index is 12.0. The van der Waals surface area contributed by atoms with Crippen molar-refractivity contribution in [3.8, 4) is 5.75 Å². The Hall–Kier alpha value is -2.83. The number of aromatic nitrogens is 2. The molecule has 2 heterocycles. The van der Waals surface area contributed by atoms with Crippen molar-refractivity contribution < 1.29 is 9.53 Å². The number of piperazine rings is 1. The lowest BCUT2D eigenvalue weighted by atomic mass is 10.1. The van der Waals surface area contributed by atoms with E-state index in [0.717, 1.165) is 29.5 Å². The van der Waals surface area contributed by atoms with Crippen LogP contribution in [0.4, 0.5) is 11.5 Å². The Morgan fingerprint density at radius 2 is 2.00 bits per heavy atom. The van der Waals surface area contributed by atoms with E-state index in [4.69, 9.17) is 10.5 Å². The number of aryl methyl sites for hydroxylation is 1. The topological polar surface area (TPSA) is 84.6 Å². The van der Waals surface area contributed by atoms with Gasteiger partial charge in [0, 0.05) is 37.1 Å². The van der Waals surface area contributed by atoms with Crippen molar-refractivity contribution >= 4 is 17.4 Å². The van der Waals surface area contributed by atoms with Crippen molar-refractivity contribution in [2.24, 2.45) is 5.73 Å². The van der Waals surface area contributed by atoms with E-state index in [-0.39, 0.29) is 5.91 Å². The van der Waals surface area contributed by atoms with Crippen molar-refractivity contribution in [2.45, 2.75) is 13.0 Å². The van der Waals surface area contributed by atoms with Crippen LogP contribution in [0.3, 0.4) is 0 Å². The fourth-order valence-electron chi connectivity index (χ4n) is 2.93. The second-order valence-electron chi connectivity index (χ2n) is 5.77. The molecule has 1 atom stereocenters. The molecular weight excluding hydrogens is 306 g/mol. The molecule has 24 heavy (non-hydrogen) atoms. The summed E-state index contributed by atoms with van der Waals surface area (Å²) in [4.78, 5) is 24.5. The molecule has 1 saturated heterocycles. The van der Waals surface area contributed by atoms with E-state index in [1.54, 1.807) is 7.11 Å². The van der Waals surface area contributed by atoms with Crippen LogP contribution in [-0.2, 0) is 4.79 Å². The number of nitrogens with two attached hydrogens (primary N) is 1. The highest BCUT2D eigenvalue weighted by Gasteiger charge is 2.32. The minimum Gasteiger partial charge on any atom is -0.497 e. The van der Waals surface area contributed by atoms with Gasteiger partial charge in [-0.1, -0.05) is 0 Å². The summed E-state index contributed by atoms with van der Waals surface area (Å²) in [5, 5.41) is 0. The Morgan fingerprint density at radius 3 is 2.62 bits per heavy atom. The van der Waals surface area contributed by atoms with Gasteiger partial charge in [-0.25, -0.2) is 9.97 Å². The summed E-state index contributed by atoms with van der Waals surface area (Å²) in [5.41, 5.74) is 7.55. The number of anilines is 2. The third-order valence-corrected chi connectivity index (χ3v) is 4.23. The van der Waals surface area contributed by atoms with Crippen LogP contribution >= 0.6 is 0 Å². The van der Waals surface area contributed by atoms with Crippen molar-refractivity contribution in [2.75, 3.05) is 36.5 Å². The Bertz CT molecular complexity index is 719. The third kappa shape index (κ3) is 3.24. The van der Waals surface area contributed by atoms with Gasteiger partial charge in [-0.2, -0.15) is 0 Å². The molecule has 7 heteroatoms. The number of carbonyl (C=O) groups excluding carboxylic acids is 1. The highest BCUT2D eigenvalue weighted by Crippen LogP contribution is 2.24. The summed E-state index contributed by atoms with van der Waals surface area (Å²) in [5.74, 6) is 1.19. The van der Waals surface area contributed by atoms with Crippen LogP contribution in [0, 0.1) is 6.92 Å². The molecule has 1 aromatic carbocycles. The fourth-order valence-corrected chi connectivity index (χ4v) is 2.93. The molecule has 1 aliphatic heterocycles. The molecule has 1 unspecified atom stereocenters. The number of hydrogen-bond donors (Lipinski definition) is 1. The molecule has 1 amide bonds. The lowest BCUT2D eigenvalue weighted by Crippen LogP contribution is -2.58. The van der Waals surface area contributed by atoms with Crippen LogP contribution in [0.25, 0.3) is 0 Å². The Balaban J connectivity index is 1.81. The fraction of sp³-hybridized carbons (Fsp3) is 0.353. The van der Waals surface area contributed by atoms with Gasteiger partial charge >= 0.3 is 0 Å². The van der Waals surface area contributed by atoms with E-state index in [1.165, 1.54) is 6.33 Å². The monoisotopic (exact) mass is 327 g/mol. The van der Waals surface area contributed by atoms with Gasteiger partial charge in [0.05, 0.1) is 7.11 Å². The number of hydrogen-bond acceptors (Lipinski definition) is 6. The molecule has 3 rings (SSSR count). The van der Waals surface area contributed by atoms with Crippen LogP contribution < -0.4 is 20.3 Å². The molecule has 2 aromatic rings. The minimum atomic E-state index is -0.435. The van der Waals surface area contributed by atoms with Crippen LogP contribution in [0.2, 0.25) is 0 Å². The van der Waals surface area contributed by atoms with E-state index in [2.05, 4.69) is 14.9 Å². The van der Waals surface area contributed by atoms with E-state index < -0.39 is 6.04 Å². The largest absolute Gasteiger partial charge is 0.497 e. The molecule has 0 spiro atoms. The molecule has 2 N–H and O–H groups in total. The average molecular weight is 327 g/mol. The Morgan fingerprint density at radius 1 is 1.25 bits per heavy atom. The predicted octanol–water partition coefficient (Wildman–Crippen LogP) is 0.974. The number of benzene rings is 1. The third-order valence-electron chi connectivity index (χ3n) is 4.23. The molecule has 0 radical (unpaired) electrons. The first kappa shape index (κ1) is 16.0. The maximum Gasteiger partial charge on any atom is 0.242 e. The Kier molecular flexibility index (Phi) is 4.50. The van der Waals surface area contributed by atoms with Crippen molar-refractivity contribution in [1.29, 1.82) is 0 Å². The van der Waals surface area contributed by atoms with Gasteiger partial charge in [-0.05, 0) is 31.2 Å². The Labute approximate surface area is 141 Å². The van der Waals surface area contributed by atoms with Gasteiger partial charge in [0.25, 0.3) is 0 Å². The molecule has 1 aromatic heterocycles. The van der Waals surface area contributed by atoms with Crippen LogP contribution in [0.1, 0.15) is 5.69 Å². The molecule has 126 valence electrons. The summed E-state index contributed by atoms with van der Waals surface area (Å²) in [7, 11) is 1.64. The minimum absolute atomic E-state index is 0.357. The van der Waals surface area contributed by atoms with E-state index >= 15 is 0 Å². The summed E-state index contributed by atoms with van der Waals surface area (Å²) in [6, 6.07) is 9.24. The number of rotatable bonds is 4. The van der Waals surface area contributed by atoms with Gasteiger partial charge in [-0.15, -0.1) is 0 Å². The number of amides is 1. The second kappa shape index (κ2) is 6.74. The molecule has 7 nitrogen and oxygen atoms in total. The smallest absolute Gasteiger partial charge is 0.242 e. The number of primary amides is 1. The number of methoxy groups -OCH3 is 1. The van der Waals surface area contributed by atoms with Gasteiger partial charge in [0.1, 0.15) is 23.9 Å². The SMILES string of the molecule is COc1ccc(N2CCN(c3cc(C)ncn3)C(C(N)=O)C2)cc1. The summed E-state index contributed by atoms with van der Waals surface area (Å²) in [6.07, 6.45) is 1.51. The number of carbonyl (C=O) groups is 1. The summed E-state index contributed by atoms with van der Waals surface area (Å²) >= 11 is 0. The zero-order chi connectivity index (χ0) is 17.1. The van der Waals surface area contributed by atoms with Crippen LogP contribution in [-0.4, -0.2) is 48.7 Å². The molecular formula is C17H21N5O2. The van der Waals surface area contributed by atoms with Gasteiger partial charge in [0.2, 0.25) is 5.91 Å².